The lowest BCUT2D eigenvalue weighted by atomic mass is 10.2. The van der Waals surface area contributed by atoms with E-state index in [9.17, 15) is 9.59 Å². The lowest BCUT2D eigenvalue weighted by Gasteiger charge is -2.14. The number of nitrogens with one attached hydrogen (secondary N) is 2. The number of hydrogen-bond acceptors (Lipinski definition) is 5. The van der Waals surface area contributed by atoms with Gasteiger partial charge in [-0.3, -0.25) is 9.59 Å². The predicted molar refractivity (Wildman–Crippen MR) is 134 cm³/mol. The van der Waals surface area contributed by atoms with Gasteiger partial charge in [0.25, 0.3) is 0 Å². The van der Waals surface area contributed by atoms with Crippen molar-refractivity contribution in [3.63, 3.8) is 0 Å². The van der Waals surface area contributed by atoms with Crippen molar-refractivity contribution in [3.05, 3.63) is 86.9 Å². The van der Waals surface area contributed by atoms with Gasteiger partial charge in [0.2, 0.25) is 0 Å². The van der Waals surface area contributed by atoms with E-state index in [-0.39, 0.29) is 6.61 Å². The molecule has 0 heterocycles. The van der Waals surface area contributed by atoms with E-state index >= 15 is 0 Å². The highest BCUT2D eigenvalue weighted by atomic mass is 35.5. The lowest BCUT2D eigenvalue weighted by Crippen LogP contribution is -2.32. The SMILES string of the molecule is CCOc1cc(/C=N\NC(=O)C(=O)Nc2ccccc2Cl)ccc1OCc1c(Cl)cccc1Cl. The van der Waals surface area contributed by atoms with Crippen molar-refractivity contribution in [1.29, 1.82) is 0 Å². The van der Waals surface area contributed by atoms with Crippen molar-refractivity contribution in [1.82, 2.24) is 5.43 Å². The molecule has 0 aliphatic rings. The topological polar surface area (TPSA) is 89.0 Å². The summed E-state index contributed by atoms with van der Waals surface area (Å²) in [5.74, 6) is -0.893. The van der Waals surface area contributed by atoms with Crippen LogP contribution < -0.4 is 20.2 Å². The third-order valence-electron chi connectivity index (χ3n) is 4.41. The van der Waals surface area contributed by atoms with E-state index in [1.54, 1.807) is 60.7 Å². The van der Waals surface area contributed by atoms with Crippen molar-refractivity contribution in [2.75, 3.05) is 11.9 Å². The highest BCUT2D eigenvalue weighted by Crippen LogP contribution is 2.31. The van der Waals surface area contributed by atoms with E-state index in [4.69, 9.17) is 44.3 Å². The molecule has 34 heavy (non-hydrogen) atoms. The van der Waals surface area contributed by atoms with Gasteiger partial charge in [0, 0.05) is 15.6 Å². The number of hydrogen-bond donors (Lipinski definition) is 2. The van der Waals surface area contributed by atoms with Crippen LogP contribution in [0.15, 0.2) is 65.8 Å². The van der Waals surface area contributed by atoms with Crippen molar-refractivity contribution >= 4 is 58.5 Å². The molecule has 0 fully saturated rings. The van der Waals surface area contributed by atoms with E-state index in [1.807, 2.05) is 6.92 Å². The monoisotopic (exact) mass is 519 g/mol. The maximum absolute atomic E-state index is 12.0. The maximum atomic E-state index is 12.0. The van der Waals surface area contributed by atoms with E-state index in [0.717, 1.165) is 0 Å². The summed E-state index contributed by atoms with van der Waals surface area (Å²) in [5, 5.41) is 7.56. The zero-order valence-corrected chi connectivity index (χ0v) is 20.2. The fraction of sp³-hybridized carbons (Fsp3) is 0.125. The third-order valence-corrected chi connectivity index (χ3v) is 5.45. The highest BCUT2D eigenvalue weighted by Gasteiger charge is 2.14. The lowest BCUT2D eigenvalue weighted by molar-refractivity contribution is -0.136. The minimum atomic E-state index is -0.947. The molecule has 0 bridgehead atoms. The molecule has 0 aromatic heterocycles. The summed E-state index contributed by atoms with van der Waals surface area (Å²) >= 11 is 18.4. The number of ether oxygens (including phenoxy) is 2. The van der Waals surface area contributed by atoms with Gasteiger partial charge in [-0.1, -0.05) is 53.0 Å². The number of carbonyl (C=O) groups excluding carboxylic acids is 2. The van der Waals surface area contributed by atoms with Gasteiger partial charge in [-0.25, -0.2) is 5.43 Å². The first kappa shape index (κ1) is 25.4. The Bertz CT molecular complexity index is 1200. The molecule has 3 aromatic rings. The minimum absolute atomic E-state index is 0.155. The number of anilines is 1. The molecular weight excluding hydrogens is 501 g/mol. The molecule has 176 valence electrons. The highest BCUT2D eigenvalue weighted by molar-refractivity contribution is 6.41. The number of para-hydroxylation sites is 1. The van der Waals surface area contributed by atoms with Crippen molar-refractivity contribution in [2.45, 2.75) is 13.5 Å². The Labute approximate surface area is 211 Å². The third kappa shape index (κ3) is 6.87. The number of amides is 2. The number of rotatable bonds is 8. The van der Waals surface area contributed by atoms with Crippen LogP contribution in [0.4, 0.5) is 5.69 Å². The summed E-state index contributed by atoms with van der Waals surface area (Å²) in [5.41, 5.74) is 3.77. The largest absolute Gasteiger partial charge is 0.490 e. The second-order valence-corrected chi connectivity index (χ2v) is 7.98. The van der Waals surface area contributed by atoms with Gasteiger partial charge in [-0.15, -0.1) is 0 Å². The van der Waals surface area contributed by atoms with Gasteiger partial charge >= 0.3 is 11.8 Å². The van der Waals surface area contributed by atoms with Crippen molar-refractivity contribution in [3.8, 4) is 11.5 Å². The van der Waals surface area contributed by atoms with Crippen LogP contribution in [0, 0.1) is 0 Å². The number of carbonyl (C=O) groups is 2. The van der Waals surface area contributed by atoms with Crippen molar-refractivity contribution in [2.24, 2.45) is 5.10 Å². The van der Waals surface area contributed by atoms with Crippen LogP contribution in [0.5, 0.6) is 11.5 Å². The zero-order valence-electron chi connectivity index (χ0n) is 18.0. The van der Waals surface area contributed by atoms with Gasteiger partial charge in [0.05, 0.1) is 23.5 Å². The molecule has 0 aliphatic carbocycles. The van der Waals surface area contributed by atoms with Gasteiger partial charge in [-0.2, -0.15) is 5.10 Å². The molecule has 0 spiro atoms. The zero-order chi connectivity index (χ0) is 24.5. The molecule has 0 saturated heterocycles. The first-order valence-corrected chi connectivity index (χ1v) is 11.2. The Morgan fingerprint density at radius 2 is 1.59 bits per heavy atom. The first-order valence-electron chi connectivity index (χ1n) is 10.1. The molecular formula is C24H20Cl3N3O4. The summed E-state index contributed by atoms with van der Waals surface area (Å²) in [4.78, 5) is 24.0. The molecule has 0 atom stereocenters. The normalized spacial score (nSPS) is 10.7. The quantitative estimate of drug-likeness (QED) is 0.226. The first-order chi connectivity index (χ1) is 16.4. The van der Waals surface area contributed by atoms with Crippen LogP contribution in [-0.4, -0.2) is 24.6 Å². The molecule has 7 nitrogen and oxygen atoms in total. The fourth-order valence-corrected chi connectivity index (χ4v) is 3.46. The molecule has 0 unspecified atom stereocenters. The average molecular weight is 521 g/mol. The molecule has 2 amide bonds. The number of nitrogens with zero attached hydrogens (tertiary/aromatic N) is 1. The van der Waals surface area contributed by atoms with E-state index in [0.29, 0.717) is 50.0 Å². The summed E-state index contributed by atoms with van der Waals surface area (Å²) in [6, 6.07) is 16.9. The standard InChI is InChI=1S/C24H20Cl3N3O4/c1-2-33-22-12-15(10-11-21(22)34-14-16-17(25)7-5-8-18(16)26)13-28-30-24(32)23(31)29-20-9-4-3-6-19(20)27/h3-13H,2,14H2,1H3,(H,29,31)(H,30,32)/b28-13-. The van der Waals surface area contributed by atoms with Crippen LogP contribution in [0.2, 0.25) is 15.1 Å². The smallest absolute Gasteiger partial charge is 0.329 e. The summed E-state index contributed by atoms with van der Waals surface area (Å²) < 4.78 is 11.5. The average Bonchev–Trinajstić information content (AvgIpc) is 2.81. The summed E-state index contributed by atoms with van der Waals surface area (Å²) in [7, 11) is 0. The van der Waals surface area contributed by atoms with Gasteiger partial charge in [0.15, 0.2) is 11.5 Å². The Hall–Kier alpha value is -3.26. The second kappa shape index (κ2) is 12.3. The molecule has 3 aromatic carbocycles. The molecule has 0 radical (unpaired) electrons. The molecule has 0 aliphatic heterocycles. The summed E-state index contributed by atoms with van der Waals surface area (Å²) in [6.45, 7) is 2.40. The van der Waals surface area contributed by atoms with Gasteiger partial charge < -0.3 is 14.8 Å². The van der Waals surface area contributed by atoms with Crippen molar-refractivity contribution < 1.29 is 19.1 Å². The molecule has 3 rings (SSSR count). The summed E-state index contributed by atoms with van der Waals surface area (Å²) in [6.07, 6.45) is 1.37. The second-order valence-electron chi connectivity index (χ2n) is 6.76. The molecule has 0 saturated carbocycles. The Morgan fingerprint density at radius 3 is 2.29 bits per heavy atom. The minimum Gasteiger partial charge on any atom is -0.490 e. The Morgan fingerprint density at radius 1 is 0.882 bits per heavy atom. The van der Waals surface area contributed by atoms with Crippen LogP contribution in [-0.2, 0) is 16.2 Å². The Balaban J connectivity index is 1.63. The number of benzene rings is 3. The van der Waals surface area contributed by atoms with Crippen LogP contribution in [0.1, 0.15) is 18.1 Å². The predicted octanol–water partition coefficient (Wildman–Crippen LogP) is 5.71. The van der Waals surface area contributed by atoms with E-state index < -0.39 is 11.8 Å². The Kier molecular flexibility index (Phi) is 9.16. The van der Waals surface area contributed by atoms with Gasteiger partial charge in [0.1, 0.15) is 6.61 Å². The number of halogens is 3. The van der Waals surface area contributed by atoms with E-state index in [2.05, 4.69) is 15.8 Å². The fourth-order valence-electron chi connectivity index (χ4n) is 2.77. The molecule has 2 N–H and O–H groups in total. The van der Waals surface area contributed by atoms with Gasteiger partial charge in [-0.05, 0) is 55.0 Å². The maximum Gasteiger partial charge on any atom is 0.329 e. The van der Waals surface area contributed by atoms with Crippen LogP contribution in [0.3, 0.4) is 0 Å². The van der Waals surface area contributed by atoms with E-state index in [1.165, 1.54) is 6.21 Å². The molecule has 10 heteroatoms. The number of hydrazone groups is 1. The van der Waals surface area contributed by atoms with Crippen LogP contribution in [0.25, 0.3) is 0 Å². The van der Waals surface area contributed by atoms with Crippen LogP contribution >= 0.6 is 34.8 Å².